The van der Waals surface area contributed by atoms with Crippen LogP contribution in [0, 0.1) is 0 Å². The summed E-state index contributed by atoms with van der Waals surface area (Å²) in [4.78, 5) is 23.1. The lowest BCUT2D eigenvalue weighted by Gasteiger charge is -2.25. The molecule has 0 bridgehead atoms. The maximum atomic E-state index is 12.9. The van der Waals surface area contributed by atoms with Crippen molar-refractivity contribution in [2.24, 2.45) is 0 Å². The van der Waals surface area contributed by atoms with Gasteiger partial charge in [-0.05, 0) is 57.8 Å². The number of nitrogens with one attached hydrogen (secondary N) is 1. The number of allylic oxidation sites excluding steroid dienone is 5. The van der Waals surface area contributed by atoms with Crippen LogP contribution in [-0.4, -0.2) is 73.4 Å². The van der Waals surface area contributed by atoms with Crippen LogP contribution in [-0.2, 0) is 18.4 Å². The highest BCUT2D eigenvalue weighted by molar-refractivity contribution is 7.47. The van der Waals surface area contributed by atoms with E-state index < -0.39 is 20.0 Å². The van der Waals surface area contributed by atoms with Gasteiger partial charge in [-0.25, -0.2) is 4.57 Å². The van der Waals surface area contributed by atoms with E-state index in [-0.39, 0.29) is 19.1 Å². The summed E-state index contributed by atoms with van der Waals surface area (Å²) in [5, 5.41) is 13.8. The Hall–Kier alpha value is -1.28. The standard InChI is InChI=1S/C47H91N2O6P/c1-6-8-10-12-14-16-18-20-22-23-24-25-27-29-31-33-35-37-39-41-47(51)48-45(44-55-56(52,53)54-43-42-49(3,4)5)46(50)40-38-36-34-32-30-28-26-21-19-17-15-13-11-9-7-2/h23-24,30,32,38,40,45-46,50H,6-22,25-29,31,33-37,39,41-44H2,1-5H3,(H-,48,51,52,53)/p+1/b24-23-,32-30+,40-38+. The number of aliphatic hydroxyl groups excluding tert-OH is 1. The van der Waals surface area contributed by atoms with Crippen molar-refractivity contribution in [1.82, 2.24) is 5.32 Å². The second-order valence-electron chi connectivity index (χ2n) is 17.1. The second kappa shape index (κ2) is 39.2. The number of quaternary nitrogens is 1. The summed E-state index contributed by atoms with van der Waals surface area (Å²) in [7, 11) is 1.55. The van der Waals surface area contributed by atoms with Crippen LogP contribution < -0.4 is 5.32 Å². The minimum Gasteiger partial charge on any atom is -0.387 e. The van der Waals surface area contributed by atoms with E-state index in [9.17, 15) is 19.4 Å². The zero-order valence-electron chi connectivity index (χ0n) is 37.4. The molecule has 3 N–H and O–H groups in total. The molecule has 1 amide bonds. The number of phosphoric ester groups is 1. The molecule has 0 aliphatic rings. The number of aliphatic hydroxyl groups is 1. The molecule has 330 valence electrons. The Morgan fingerprint density at radius 2 is 0.982 bits per heavy atom. The average molecular weight is 812 g/mol. The van der Waals surface area contributed by atoms with Crippen LogP contribution >= 0.6 is 7.82 Å². The Kier molecular flexibility index (Phi) is 38.3. The van der Waals surface area contributed by atoms with Crippen molar-refractivity contribution in [3.05, 3.63) is 36.5 Å². The SMILES string of the molecule is CCCCCCCCCC/C=C\CCCCCCCCCC(=O)NC(COP(=O)(O)OCC[N+](C)(C)C)C(O)/C=C/CC/C=C/CCCCCCCCCCC. The monoisotopic (exact) mass is 812 g/mol. The normalized spacial score (nSPS) is 14.6. The van der Waals surface area contributed by atoms with Gasteiger partial charge in [0.25, 0.3) is 0 Å². The Labute approximate surface area is 347 Å². The van der Waals surface area contributed by atoms with Crippen LogP contribution in [0.2, 0.25) is 0 Å². The molecule has 8 nitrogen and oxygen atoms in total. The lowest BCUT2D eigenvalue weighted by Crippen LogP contribution is -2.45. The number of carbonyl (C=O) groups excluding carboxylic acids is 1. The molecule has 0 rings (SSSR count). The molecule has 0 aromatic heterocycles. The van der Waals surface area contributed by atoms with Crippen LogP contribution in [0.1, 0.15) is 206 Å². The third-order valence-corrected chi connectivity index (χ3v) is 11.3. The van der Waals surface area contributed by atoms with Crippen LogP contribution in [0.25, 0.3) is 0 Å². The summed E-state index contributed by atoms with van der Waals surface area (Å²) in [5.41, 5.74) is 0. The van der Waals surface area contributed by atoms with Crippen molar-refractivity contribution >= 4 is 13.7 Å². The molecule has 56 heavy (non-hydrogen) atoms. The first-order valence-corrected chi connectivity index (χ1v) is 24.9. The molecule has 0 saturated heterocycles. The quantitative estimate of drug-likeness (QED) is 0.0245. The molecule has 0 heterocycles. The molecule has 0 aromatic rings. The first-order chi connectivity index (χ1) is 27.0. The fraction of sp³-hybridized carbons (Fsp3) is 0.851. The number of likely N-dealkylation sites (N-methyl/N-ethyl adjacent to an activating group) is 1. The number of nitrogens with zero attached hydrogens (tertiary/aromatic N) is 1. The second-order valence-corrected chi connectivity index (χ2v) is 18.6. The van der Waals surface area contributed by atoms with E-state index in [4.69, 9.17) is 9.05 Å². The lowest BCUT2D eigenvalue weighted by atomic mass is 10.1. The Balaban J connectivity index is 4.42. The molecule has 0 saturated carbocycles. The molecule has 0 fully saturated rings. The molecule has 0 aromatic carbocycles. The molecule has 0 spiro atoms. The summed E-state index contributed by atoms with van der Waals surface area (Å²) in [6.45, 7) is 4.79. The van der Waals surface area contributed by atoms with E-state index in [1.807, 2.05) is 27.2 Å². The molecular formula is C47H92N2O6P+. The van der Waals surface area contributed by atoms with Gasteiger partial charge in [0.2, 0.25) is 5.91 Å². The molecule has 0 aliphatic carbocycles. The number of unbranched alkanes of at least 4 members (excludes halogenated alkanes) is 25. The number of carbonyl (C=O) groups is 1. The van der Waals surface area contributed by atoms with Crippen LogP contribution in [0.5, 0.6) is 0 Å². The maximum Gasteiger partial charge on any atom is 0.472 e. The number of amides is 1. The van der Waals surface area contributed by atoms with Gasteiger partial charge in [0.05, 0.1) is 39.9 Å². The molecule has 3 atom stereocenters. The molecule has 9 heteroatoms. The smallest absolute Gasteiger partial charge is 0.387 e. The van der Waals surface area contributed by atoms with Gasteiger partial charge >= 0.3 is 7.82 Å². The summed E-state index contributed by atoms with van der Waals surface area (Å²) < 4.78 is 23.6. The van der Waals surface area contributed by atoms with Gasteiger partial charge in [-0.3, -0.25) is 13.8 Å². The maximum absolute atomic E-state index is 12.9. The van der Waals surface area contributed by atoms with Crippen molar-refractivity contribution in [2.75, 3.05) is 40.9 Å². The van der Waals surface area contributed by atoms with E-state index >= 15 is 0 Å². The highest BCUT2D eigenvalue weighted by atomic mass is 31.2. The molecular weight excluding hydrogens is 719 g/mol. The van der Waals surface area contributed by atoms with E-state index in [0.29, 0.717) is 17.4 Å². The summed E-state index contributed by atoms with van der Waals surface area (Å²) in [6, 6.07) is -0.863. The minimum absolute atomic E-state index is 0.0554. The zero-order chi connectivity index (χ0) is 41.4. The van der Waals surface area contributed by atoms with Gasteiger partial charge in [-0.15, -0.1) is 0 Å². The minimum atomic E-state index is -4.35. The summed E-state index contributed by atoms with van der Waals surface area (Å²) in [6.07, 6.45) is 47.9. The molecule has 0 radical (unpaired) electrons. The molecule has 0 aliphatic heterocycles. The van der Waals surface area contributed by atoms with Crippen molar-refractivity contribution in [2.45, 2.75) is 219 Å². The van der Waals surface area contributed by atoms with Gasteiger partial charge in [-0.1, -0.05) is 179 Å². The van der Waals surface area contributed by atoms with E-state index in [1.165, 1.54) is 148 Å². The topological polar surface area (TPSA) is 105 Å². The zero-order valence-corrected chi connectivity index (χ0v) is 38.3. The van der Waals surface area contributed by atoms with Gasteiger partial charge in [0.1, 0.15) is 13.2 Å². The number of phosphoric acid groups is 1. The largest absolute Gasteiger partial charge is 0.472 e. The van der Waals surface area contributed by atoms with Gasteiger partial charge < -0.3 is 19.8 Å². The number of hydrogen-bond acceptors (Lipinski definition) is 5. The summed E-state index contributed by atoms with van der Waals surface area (Å²) in [5.74, 6) is -0.192. The fourth-order valence-corrected chi connectivity index (χ4v) is 7.32. The Bertz CT molecular complexity index is 1010. The van der Waals surface area contributed by atoms with Crippen LogP contribution in [0.4, 0.5) is 0 Å². The summed E-state index contributed by atoms with van der Waals surface area (Å²) >= 11 is 0. The lowest BCUT2D eigenvalue weighted by molar-refractivity contribution is -0.870. The number of rotatable bonds is 42. The molecule has 3 unspecified atom stereocenters. The van der Waals surface area contributed by atoms with Gasteiger partial charge in [0, 0.05) is 6.42 Å². The van der Waals surface area contributed by atoms with Gasteiger partial charge in [0.15, 0.2) is 0 Å². The fourth-order valence-electron chi connectivity index (χ4n) is 6.58. The first-order valence-electron chi connectivity index (χ1n) is 23.4. The predicted molar refractivity (Wildman–Crippen MR) is 240 cm³/mol. The van der Waals surface area contributed by atoms with Gasteiger partial charge in [-0.2, -0.15) is 0 Å². The van der Waals surface area contributed by atoms with Crippen LogP contribution in [0.15, 0.2) is 36.5 Å². The first kappa shape index (κ1) is 54.7. The Morgan fingerprint density at radius 3 is 1.43 bits per heavy atom. The van der Waals surface area contributed by atoms with Crippen LogP contribution in [0.3, 0.4) is 0 Å². The van der Waals surface area contributed by atoms with Crippen molar-refractivity contribution in [3.63, 3.8) is 0 Å². The third kappa shape index (κ3) is 40.9. The van der Waals surface area contributed by atoms with E-state index in [1.54, 1.807) is 6.08 Å². The highest BCUT2D eigenvalue weighted by Gasteiger charge is 2.27. The van der Waals surface area contributed by atoms with Crippen molar-refractivity contribution in [3.8, 4) is 0 Å². The van der Waals surface area contributed by atoms with Crippen molar-refractivity contribution < 1.29 is 32.9 Å². The highest BCUT2D eigenvalue weighted by Crippen LogP contribution is 2.43. The van der Waals surface area contributed by atoms with E-state index in [2.05, 4.69) is 43.5 Å². The van der Waals surface area contributed by atoms with E-state index in [0.717, 1.165) is 38.5 Å². The third-order valence-electron chi connectivity index (χ3n) is 10.3. The van der Waals surface area contributed by atoms with Crippen molar-refractivity contribution in [1.29, 1.82) is 0 Å². The number of hydrogen-bond donors (Lipinski definition) is 3. The predicted octanol–water partition coefficient (Wildman–Crippen LogP) is 13.1. The average Bonchev–Trinajstić information content (AvgIpc) is 3.15. The Morgan fingerprint density at radius 1 is 0.589 bits per heavy atom.